The highest BCUT2D eigenvalue weighted by Gasteiger charge is 2.07. The SMILES string of the molecule is Cc1cc(OCC(=O)NCCn2ccc3ccccc32)cc(C)c1Cl. The van der Waals surface area contributed by atoms with Crippen molar-refractivity contribution in [1.82, 2.24) is 9.88 Å². The lowest BCUT2D eigenvalue weighted by molar-refractivity contribution is -0.123. The Kier molecular flexibility index (Phi) is 5.29. The first kappa shape index (κ1) is 17.4. The fourth-order valence-electron chi connectivity index (χ4n) is 2.84. The first-order valence-electron chi connectivity index (χ1n) is 8.25. The molecule has 3 rings (SSSR count). The Morgan fingerprint density at radius 2 is 1.88 bits per heavy atom. The normalized spacial score (nSPS) is 10.8. The van der Waals surface area contributed by atoms with Gasteiger partial charge in [-0.25, -0.2) is 0 Å². The van der Waals surface area contributed by atoms with E-state index in [0.717, 1.165) is 22.7 Å². The van der Waals surface area contributed by atoms with Gasteiger partial charge >= 0.3 is 0 Å². The Hall–Kier alpha value is -2.46. The lowest BCUT2D eigenvalue weighted by Crippen LogP contribution is -2.31. The van der Waals surface area contributed by atoms with Crippen molar-refractivity contribution in [1.29, 1.82) is 0 Å². The second-order valence-corrected chi connectivity index (χ2v) is 6.46. The molecule has 1 amide bonds. The van der Waals surface area contributed by atoms with E-state index < -0.39 is 0 Å². The fourth-order valence-corrected chi connectivity index (χ4v) is 2.95. The number of para-hydroxylation sites is 1. The van der Waals surface area contributed by atoms with Gasteiger partial charge in [0.05, 0.1) is 0 Å². The number of nitrogens with one attached hydrogen (secondary N) is 1. The third-order valence-corrected chi connectivity index (χ3v) is 4.73. The van der Waals surface area contributed by atoms with Crippen LogP contribution in [0, 0.1) is 13.8 Å². The molecule has 1 N–H and O–H groups in total. The van der Waals surface area contributed by atoms with Gasteiger partial charge < -0.3 is 14.6 Å². The molecule has 0 atom stereocenters. The Morgan fingerprint density at radius 1 is 1.16 bits per heavy atom. The minimum absolute atomic E-state index is 0.00701. The number of hydrogen-bond donors (Lipinski definition) is 1. The van der Waals surface area contributed by atoms with Crippen molar-refractivity contribution >= 4 is 28.4 Å². The predicted molar refractivity (Wildman–Crippen MR) is 101 cm³/mol. The van der Waals surface area contributed by atoms with Crippen LogP contribution in [0.5, 0.6) is 5.75 Å². The maximum atomic E-state index is 12.0. The smallest absolute Gasteiger partial charge is 0.258 e. The molecule has 0 bridgehead atoms. The molecule has 0 aliphatic carbocycles. The zero-order valence-electron chi connectivity index (χ0n) is 14.4. The van der Waals surface area contributed by atoms with Gasteiger partial charge in [-0.15, -0.1) is 0 Å². The molecule has 130 valence electrons. The molecule has 2 aromatic carbocycles. The van der Waals surface area contributed by atoms with E-state index in [1.54, 1.807) is 0 Å². The van der Waals surface area contributed by atoms with Crippen molar-refractivity contribution in [2.24, 2.45) is 0 Å². The largest absolute Gasteiger partial charge is 0.484 e. The van der Waals surface area contributed by atoms with Gasteiger partial charge in [-0.1, -0.05) is 29.8 Å². The summed E-state index contributed by atoms with van der Waals surface area (Å²) in [5, 5.41) is 4.82. The highest BCUT2D eigenvalue weighted by molar-refractivity contribution is 6.32. The number of rotatable bonds is 6. The zero-order chi connectivity index (χ0) is 17.8. The van der Waals surface area contributed by atoms with Gasteiger partial charge in [0, 0.05) is 29.8 Å². The van der Waals surface area contributed by atoms with Crippen LogP contribution in [-0.2, 0) is 11.3 Å². The van der Waals surface area contributed by atoms with Crippen molar-refractivity contribution in [3.63, 3.8) is 0 Å². The lowest BCUT2D eigenvalue weighted by Gasteiger charge is -2.11. The van der Waals surface area contributed by atoms with Gasteiger partial charge in [0.2, 0.25) is 0 Å². The number of aromatic nitrogens is 1. The maximum Gasteiger partial charge on any atom is 0.258 e. The minimum Gasteiger partial charge on any atom is -0.484 e. The number of carbonyl (C=O) groups excluding carboxylic acids is 1. The average Bonchev–Trinajstić information content (AvgIpc) is 3.01. The van der Waals surface area contributed by atoms with E-state index in [2.05, 4.69) is 28.1 Å². The number of benzene rings is 2. The minimum atomic E-state index is -0.137. The summed E-state index contributed by atoms with van der Waals surface area (Å²) >= 11 is 6.13. The molecule has 0 unspecified atom stereocenters. The molecular formula is C20H21ClN2O2. The summed E-state index contributed by atoms with van der Waals surface area (Å²) in [4.78, 5) is 12.0. The third-order valence-electron chi connectivity index (χ3n) is 4.13. The van der Waals surface area contributed by atoms with E-state index in [1.807, 2.05) is 44.3 Å². The average molecular weight is 357 g/mol. The van der Waals surface area contributed by atoms with Gasteiger partial charge in [-0.3, -0.25) is 4.79 Å². The first-order valence-corrected chi connectivity index (χ1v) is 8.62. The maximum absolute atomic E-state index is 12.0. The zero-order valence-corrected chi connectivity index (χ0v) is 15.1. The Labute approximate surface area is 152 Å². The molecule has 4 nitrogen and oxygen atoms in total. The lowest BCUT2D eigenvalue weighted by atomic mass is 10.1. The summed E-state index contributed by atoms with van der Waals surface area (Å²) in [5.74, 6) is 0.521. The van der Waals surface area contributed by atoms with Crippen LogP contribution in [0.3, 0.4) is 0 Å². The number of ether oxygens (including phenoxy) is 1. The van der Waals surface area contributed by atoms with Crippen molar-refractivity contribution in [3.8, 4) is 5.75 Å². The summed E-state index contributed by atoms with van der Waals surface area (Å²) in [6.45, 7) is 5.11. The van der Waals surface area contributed by atoms with E-state index in [4.69, 9.17) is 16.3 Å². The van der Waals surface area contributed by atoms with Gasteiger partial charge in [0.1, 0.15) is 5.75 Å². The van der Waals surface area contributed by atoms with Crippen LogP contribution in [0.1, 0.15) is 11.1 Å². The molecule has 3 aromatic rings. The summed E-state index contributed by atoms with van der Waals surface area (Å²) < 4.78 is 7.69. The second kappa shape index (κ2) is 7.62. The van der Waals surface area contributed by atoms with Crippen molar-refractivity contribution in [3.05, 3.63) is 64.8 Å². The molecule has 0 saturated heterocycles. The molecule has 1 heterocycles. The molecule has 25 heavy (non-hydrogen) atoms. The van der Waals surface area contributed by atoms with Crippen LogP contribution >= 0.6 is 11.6 Å². The number of halogens is 1. The monoisotopic (exact) mass is 356 g/mol. The molecule has 1 aromatic heterocycles. The highest BCUT2D eigenvalue weighted by Crippen LogP contribution is 2.25. The number of amides is 1. The van der Waals surface area contributed by atoms with Gasteiger partial charge in [-0.05, 0) is 54.6 Å². The van der Waals surface area contributed by atoms with Crippen LogP contribution < -0.4 is 10.1 Å². The molecule has 0 saturated carbocycles. The predicted octanol–water partition coefficient (Wildman–Crippen LogP) is 4.11. The van der Waals surface area contributed by atoms with Gasteiger partial charge in [0.15, 0.2) is 6.61 Å². The molecule has 0 spiro atoms. The van der Waals surface area contributed by atoms with E-state index in [-0.39, 0.29) is 12.5 Å². The van der Waals surface area contributed by atoms with Crippen LogP contribution in [0.2, 0.25) is 5.02 Å². The highest BCUT2D eigenvalue weighted by atomic mass is 35.5. The standard InChI is InChI=1S/C20H21ClN2O2/c1-14-11-17(12-15(2)20(14)21)25-13-19(24)22-8-10-23-9-7-16-5-3-4-6-18(16)23/h3-7,9,11-12H,8,10,13H2,1-2H3,(H,22,24). The number of fused-ring (bicyclic) bond motifs is 1. The number of hydrogen-bond acceptors (Lipinski definition) is 2. The Bertz CT molecular complexity index is 879. The van der Waals surface area contributed by atoms with Gasteiger partial charge in [0.25, 0.3) is 5.91 Å². The van der Waals surface area contributed by atoms with E-state index >= 15 is 0 Å². The van der Waals surface area contributed by atoms with E-state index in [9.17, 15) is 4.79 Å². The fraction of sp³-hybridized carbons (Fsp3) is 0.250. The second-order valence-electron chi connectivity index (χ2n) is 6.08. The molecule has 0 aliphatic heterocycles. The first-order chi connectivity index (χ1) is 12.0. The summed E-state index contributed by atoms with van der Waals surface area (Å²) in [6, 6.07) is 13.9. The molecule has 5 heteroatoms. The van der Waals surface area contributed by atoms with Crippen molar-refractivity contribution in [2.45, 2.75) is 20.4 Å². The summed E-state index contributed by atoms with van der Waals surface area (Å²) in [5.41, 5.74) is 3.05. The Balaban J connectivity index is 1.48. The van der Waals surface area contributed by atoms with Crippen LogP contribution in [0.15, 0.2) is 48.7 Å². The molecular weight excluding hydrogens is 336 g/mol. The van der Waals surface area contributed by atoms with Crippen molar-refractivity contribution in [2.75, 3.05) is 13.2 Å². The van der Waals surface area contributed by atoms with Crippen LogP contribution in [0.25, 0.3) is 10.9 Å². The molecule has 0 fully saturated rings. The van der Waals surface area contributed by atoms with Gasteiger partial charge in [-0.2, -0.15) is 0 Å². The topological polar surface area (TPSA) is 43.3 Å². The number of aryl methyl sites for hydroxylation is 2. The van der Waals surface area contributed by atoms with Crippen LogP contribution in [-0.4, -0.2) is 23.6 Å². The van der Waals surface area contributed by atoms with E-state index in [1.165, 1.54) is 10.9 Å². The summed E-state index contributed by atoms with van der Waals surface area (Å²) in [6.07, 6.45) is 2.03. The summed E-state index contributed by atoms with van der Waals surface area (Å²) in [7, 11) is 0. The quantitative estimate of drug-likeness (QED) is 0.722. The number of carbonyl (C=O) groups is 1. The van der Waals surface area contributed by atoms with E-state index in [0.29, 0.717) is 12.3 Å². The Morgan fingerprint density at radius 3 is 2.64 bits per heavy atom. The van der Waals surface area contributed by atoms with Crippen molar-refractivity contribution < 1.29 is 9.53 Å². The van der Waals surface area contributed by atoms with Crippen LogP contribution in [0.4, 0.5) is 0 Å². The molecule has 0 radical (unpaired) electrons. The number of nitrogens with zero attached hydrogens (tertiary/aromatic N) is 1. The molecule has 0 aliphatic rings. The third kappa shape index (κ3) is 4.15.